The first-order valence-electron chi connectivity index (χ1n) is 25.6. The summed E-state index contributed by atoms with van der Waals surface area (Å²) in [5, 5.41) is 5.00. The van der Waals surface area contributed by atoms with Crippen LogP contribution in [0.4, 0.5) is 34.1 Å². The molecular formula is C72H51N3. The molecule has 0 aliphatic heterocycles. The highest BCUT2D eigenvalue weighted by Crippen LogP contribution is 2.41. The Balaban J connectivity index is 0.833. The van der Waals surface area contributed by atoms with Crippen LogP contribution in [0.1, 0.15) is 5.56 Å². The van der Waals surface area contributed by atoms with E-state index in [1.807, 2.05) is 6.08 Å². The molecule has 0 spiro atoms. The SMILES string of the molecule is C=Cc1ccc(-c2ccc(N(c3ccc(-c4ccc(N(c5ccc(-c6ccccc6)cc5)c5ccc(-n6c7ccccc7c7ccccc76)cc5)cc4)cc3)c3ccc(-c4cccc5ccccc45)cc3)cc2)cc1. The molecule has 3 nitrogen and oxygen atoms in total. The van der Waals surface area contributed by atoms with Crippen molar-refractivity contribution >= 4 is 72.8 Å². The van der Waals surface area contributed by atoms with E-state index in [0.717, 1.165) is 56.5 Å². The third kappa shape index (κ3) is 8.63. The van der Waals surface area contributed by atoms with Crippen LogP contribution in [-0.4, -0.2) is 4.57 Å². The Kier molecular flexibility index (Phi) is 11.7. The molecule has 1 aromatic heterocycles. The molecular weight excluding hydrogens is 907 g/mol. The first-order chi connectivity index (χ1) is 37.1. The molecule has 12 aromatic carbocycles. The van der Waals surface area contributed by atoms with Gasteiger partial charge in [-0.2, -0.15) is 0 Å². The lowest BCUT2D eigenvalue weighted by Gasteiger charge is -2.27. The second-order valence-corrected chi connectivity index (χ2v) is 19.0. The van der Waals surface area contributed by atoms with Crippen molar-refractivity contribution < 1.29 is 0 Å². The summed E-state index contributed by atoms with van der Waals surface area (Å²) in [6.45, 7) is 3.93. The third-order valence-electron chi connectivity index (χ3n) is 14.6. The minimum absolute atomic E-state index is 1.07. The van der Waals surface area contributed by atoms with Crippen LogP contribution >= 0.6 is 0 Å². The van der Waals surface area contributed by atoms with E-state index in [0.29, 0.717) is 0 Å². The van der Waals surface area contributed by atoms with Gasteiger partial charge < -0.3 is 14.4 Å². The molecule has 1 heterocycles. The third-order valence-corrected chi connectivity index (χ3v) is 14.6. The Morgan fingerprint density at radius 2 is 0.600 bits per heavy atom. The number of fused-ring (bicyclic) bond motifs is 4. The van der Waals surface area contributed by atoms with Gasteiger partial charge in [0.15, 0.2) is 0 Å². The molecule has 13 rings (SSSR count). The maximum absolute atomic E-state index is 3.93. The minimum Gasteiger partial charge on any atom is -0.311 e. The molecule has 0 aliphatic carbocycles. The van der Waals surface area contributed by atoms with Gasteiger partial charge in [-0.15, -0.1) is 0 Å². The molecule has 0 bridgehead atoms. The Hall–Kier alpha value is -9.96. The van der Waals surface area contributed by atoms with Gasteiger partial charge in [0.2, 0.25) is 0 Å². The standard InChI is InChI=1S/C72H51N3/c1-2-51-23-25-53(26-24-51)55-29-39-60(40-30-55)73(64-45-35-59(36-46-64)68-20-12-16-58-15-6-7-17-67(58)68)61-41-31-56(32-42-61)57-33-43-63(44-34-57)74(62-37-27-54(28-38-62)52-13-4-3-5-14-52)65-47-49-66(50-48-65)75-71-21-10-8-18-69(71)70-19-9-11-22-72(70)75/h2-50H,1H2. The molecule has 0 saturated carbocycles. The number of hydrogen-bond acceptors (Lipinski definition) is 2. The van der Waals surface area contributed by atoms with Crippen LogP contribution in [0.25, 0.3) is 88.8 Å². The van der Waals surface area contributed by atoms with Crippen molar-refractivity contribution in [3.05, 3.63) is 303 Å². The molecule has 354 valence electrons. The number of hydrogen-bond donors (Lipinski definition) is 0. The van der Waals surface area contributed by atoms with Crippen LogP contribution < -0.4 is 9.80 Å². The van der Waals surface area contributed by atoms with E-state index in [1.165, 1.54) is 66.0 Å². The summed E-state index contributed by atoms with van der Waals surface area (Å²) in [5.41, 5.74) is 20.5. The minimum atomic E-state index is 1.07. The predicted molar refractivity (Wildman–Crippen MR) is 319 cm³/mol. The lowest BCUT2D eigenvalue weighted by molar-refractivity contribution is 1.17. The fraction of sp³-hybridized carbons (Fsp3) is 0. The zero-order chi connectivity index (χ0) is 50.1. The summed E-state index contributed by atoms with van der Waals surface area (Å²) in [7, 11) is 0. The number of anilines is 6. The Morgan fingerprint density at radius 1 is 0.267 bits per heavy atom. The van der Waals surface area contributed by atoms with Gasteiger partial charge in [-0.1, -0.05) is 207 Å². The molecule has 0 radical (unpaired) electrons. The summed E-state index contributed by atoms with van der Waals surface area (Å²) in [6.07, 6.45) is 1.88. The van der Waals surface area contributed by atoms with Gasteiger partial charge in [0.1, 0.15) is 0 Å². The van der Waals surface area contributed by atoms with Gasteiger partial charge in [0.05, 0.1) is 11.0 Å². The number of aromatic nitrogens is 1. The average molecular weight is 958 g/mol. The maximum atomic E-state index is 3.93. The van der Waals surface area contributed by atoms with Crippen molar-refractivity contribution in [2.75, 3.05) is 9.80 Å². The normalized spacial score (nSPS) is 11.3. The number of nitrogens with zero attached hydrogens (tertiary/aromatic N) is 3. The summed E-state index contributed by atoms with van der Waals surface area (Å²) in [5.74, 6) is 0. The van der Waals surface area contributed by atoms with Gasteiger partial charge in [0, 0.05) is 50.6 Å². The summed E-state index contributed by atoms with van der Waals surface area (Å²) in [4.78, 5) is 4.69. The van der Waals surface area contributed by atoms with Crippen molar-refractivity contribution in [1.29, 1.82) is 0 Å². The fourth-order valence-electron chi connectivity index (χ4n) is 10.8. The molecule has 0 aliphatic rings. The number of rotatable bonds is 12. The van der Waals surface area contributed by atoms with E-state index in [2.05, 4.69) is 312 Å². The molecule has 0 fully saturated rings. The van der Waals surface area contributed by atoms with Crippen molar-refractivity contribution in [3.63, 3.8) is 0 Å². The van der Waals surface area contributed by atoms with Crippen molar-refractivity contribution in [2.24, 2.45) is 0 Å². The Bertz CT molecular complexity index is 4060. The van der Waals surface area contributed by atoms with Crippen LogP contribution in [0.5, 0.6) is 0 Å². The van der Waals surface area contributed by atoms with Crippen LogP contribution in [0, 0.1) is 0 Å². The molecule has 0 N–H and O–H groups in total. The summed E-state index contributed by atoms with van der Waals surface area (Å²) >= 11 is 0. The topological polar surface area (TPSA) is 11.4 Å². The monoisotopic (exact) mass is 957 g/mol. The average Bonchev–Trinajstić information content (AvgIpc) is 3.83. The highest BCUT2D eigenvalue weighted by molar-refractivity contribution is 6.09. The van der Waals surface area contributed by atoms with E-state index in [1.54, 1.807) is 0 Å². The molecule has 75 heavy (non-hydrogen) atoms. The lowest BCUT2D eigenvalue weighted by atomic mass is 9.98. The van der Waals surface area contributed by atoms with E-state index in [-0.39, 0.29) is 0 Å². The van der Waals surface area contributed by atoms with E-state index in [9.17, 15) is 0 Å². The Labute approximate surface area is 438 Å². The molecule has 13 aromatic rings. The highest BCUT2D eigenvalue weighted by Gasteiger charge is 2.18. The van der Waals surface area contributed by atoms with Crippen LogP contribution in [0.3, 0.4) is 0 Å². The van der Waals surface area contributed by atoms with Gasteiger partial charge in [-0.05, 0) is 158 Å². The van der Waals surface area contributed by atoms with Crippen molar-refractivity contribution in [3.8, 4) is 50.2 Å². The van der Waals surface area contributed by atoms with Crippen molar-refractivity contribution in [2.45, 2.75) is 0 Å². The van der Waals surface area contributed by atoms with Gasteiger partial charge in [0.25, 0.3) is 0 Å². The zero-order valence-corrected chi connectivity index (χ0v) is 41.3. The summed E-state index contributed by atoms with van der Waals surface area (Å²) in [6, 6.07) is 105. The van der Waals surface area contributed by atoms with E-state index in [4.69, 9.17) is 0 Å². The smallest absolute Gasteiger partial charge is 0.0541 e. The van der Waals surface area contributed by atoms with Crippen molar-refractivity contribution in [1.82, 2.24) is 4.57 Å². The first-order valence-corrected chi connectivity index (χ1v) is 25.6. The largest absolute Gasteiger partial charge is 0.311 e. The molecule has 0 atom stereocenters. The van der Waals surface area contributed by atoms with Gasteiger partial charge >= 0.3 is 0 Å². The van der Waals surface area contributed by atoms with E-state index >= 15 is 0 Å². The maximum Gasteiger partial charge on any atom is 0.0541 e. The van der Waals surface area contributed by atoms with Gasteiger partial charge in [-0.3, -0.25) is 0 Å². The van der Waals surface area contributed by atoms with Crippen LogP contribution in [0.2, 0.25) is 0 Å². The van der Waals surface area contributed by atoms with Crippen LogP contribution in [-0.2, 0) is 0 Å². The molecule has 0 amide bonds. The number of para-hydroxylation sites is 2. The predicted octanol–water partition coefficient (Wildman–Crippen LogP) is 20.2. The second-order valence-electron chi connectivity index (χ2n) is 19.0. The molecule has 0 saturated heterocycles. The quantitative estimate of drug-likeness (QED) is 0.121. The fourth-order valence-corrected chi connectivity index (χ4v) is 10.8. The second kappa shape index (κ2) is 19.6. The summed E-state index contributed by atoms with van der Waals surface area (Å²) < 4.78 is 2.37. The molecule has 0 unspecified atom stereocenters. The Morgan fingerprint density at radius 3 is 1.04 bits per heavy atom. The lowest BCUT2D eigenvalue weighted by Crippen LogP contribution is -2.10. The van der Waals surface area contributed by atoms with E-state index < -0.39 is 0 Å². The highest BCUT2D eigenvalue weighted by atomic mass is 15.1. The molecule has 3 heteroatoms. The first kappa shape index (κ1) is 44.9. The van der Waals surface area contributed by atoms with Crippen LogP contribution in [0.15, 0.2) is 298 Å². The zero-order valence-electron chi connectivity index (χ0n) is 41.3. The van der Waals surface area contributed by atoms with Gasteiger partial charge in [-0.25, -0.2) is 0 Å². The number of benzene rings is 12.